The van der Waals surface area contributed by atoms with Crippen LogP contribution < -0.4 is 14.8 Å². The Balaban J connectivity index is 1.71. The van der Waals surface area contributed by atoms with Crippen LogP contribution in [-0.4, -0.2) is 32.6 Å². The number of ether oxygens (including phenoxy) is 1. The molecule has 0 aliphatic heterocycles. The fraction of sp³-hybridized carbons (Fsp3) is 0.238. The molecule has 32 heavy (non-hydrogen) atoms. The van der Waals surface area contributed by atoms with Crippen molar-refractivity contribution in [1.29, 1.82) is 0 Å². The number of benzene rings is 2. The predicted octanol–water partition coefficient (Wildman–Crippen LogP) is 4.14. The monoisotopic (exact) mass is 479 g/mol. The second kappa shape index (κ2) is 8.53. The maximum atomic E-state index is 14.4. The lowest BCUT2D eigenvalue weighted by atomic mass is 10.0. The lowest BCUT2D eigenvalue weighted by Gasteiger charge is -2.13. The van der Waals surface area contributed by atoms with E-state index >= 15 is 0 Å². The standard InChI is InChI=1S/C21H19ClFN3O5S/c1-11-18(20(25-31-11)19-14(22)4-3-5-15(19)23)21(27)24-16-10-13(8-9-17(16)30-2)32(28,29)26-12-6-7-12/h3-5,8-10,12,26H,6-7H2,1-2H3,(H,24,27). The molecule has 2 aromatic carbocycles. The van der Waals surface area contributed by atoms with Crippen molar-refractivity contribution in [1.82, 2.24) is 9.88 Å². The number of nitrogens with one attached hydrogen (secondary N) is 2. The molecule has 0 spiro atoms. The number of carbonyl (C=O) groups excluding carboxylic acids is 1. The fourth-order valence-corrected chi connectivity index (χ4v) is 4.74. The Morgan fingerprint density at radius 3 is 2.69 bits per heavy atom. The number of nitrogens with zero attached hydrogens (tertiary/aromatic N) is 1. The van der Waals surface area contributed by atoms with Gasteiger partial charge in [0.05, 0.1) is 28.3 Å². The number of carbonyl (C=O) groups is 1. The van der Waals surface area contributed by atoms with Crippen molar-refractivity contribution < 1.29 is 26.9 Å². The largest absolute Gasteiger partial charge is 0.495 e. The van der Waals surface area contributed by atoms with E-state index < -0.39 is 21.7 Å². The van der Waals surface area contributed by atoms with Crippen LogP contribution in [0.2, 0.25) is 5.02 Å². The maximum absolute atomic E-state index is 14.4. The summed E-state index contributed by atoms with van der Waals surface area (Å²) in [5.74, 6) is -0.990. The molecule has 0 atom stereocenters. The van der Waals surface area contributed by atoms with Crippen molar-refractivity contribution in [2.75, 3.05) is 12.4 Å². The SMILES string of the molecule is COc1ccc(S(=O)(=O)NC2CC2)cc1NC(=O)c1c(-c2c(F)cccc2Cl)noc1C. The molecule has 11 heteroatoms. The second-order valence-corrected chi connectivity index (χ2v) is 9.39. The van der Waals surface area contributed by atoms with Gasteiger partial charge in [0.15, 0.2) is 0 Å². The van der Waals surface area contributed by atoms with Gasteiger partial charge in [-0.25, -0.2) is 17.5 Å². The average Bonchev–Trinajstić information content (AvgIpc) is 3.46. The van der Waals surface area contributed by atoms with Crippen molar-refractivity contribution in [2.45, 2.75) is 30.7 Å². The summed E-state index contributed by atoms with van der Waals surface area (Å²) in [6.07, 6.45) is 1.57. The normalized spacial score (nSPS) is 13.8. The van der Waals surface area contributed by atoms with Crippen LogP contribution in [0.5, 0.6) is 5.75 Å². The van der Waals surface area contributed by atoms with Crippen LogP contribution in [0, 0.1) is 12.7 Å². The van der Waals surface area contributed by atoms with E-state index in [1.165, 1.54) is 50.4 Å². The summed E-state index contributed by atoms with van der Waals surface area (Å²) in [5, 5.41) is 6.48. The molecule has 0 radical (unpaired) electrons. The molecule has 8 nitrogen and oxygen atoms in total. The van der Waals surface area contributed by atoms with Crippen LogP contribution in [-0.2, 0) is 10.0 Å². The summed E-state index contributed by atoms with van der Waals surface area (Å²) in [6.45, 7) is 1.50. The highest BCUT2D eigenvalue weighted by Gasteiger charge is 2.29. The van der Waals surface area contributed by atoms with Gasteiger partial charge in [0.25, 0.3) is 5.91 Å². The van der Waals surface area contributed by atoms with Gasteiger partial charge >= 0.3 is 0 Å². The number of hydrogen-bond donors (Lipinski definition) is 2. The van der Waals surface area contributed by atoms with Crippen molar-refractivity contribution in [3.05, 3.63) is 58.6 Å². The third-order valence-electron chi connectivity index (χ3n) is 4.92. The highest BCUT2D eigenvalue weighted by molar-refractivity contribution is 7.89. The molecule has 0 unspecified atom stereocenters. The molecule has 0 bridgehead atoms. The molecular formula is C21H19ClFN3O5S. The Kier molecular flexibility index (Phi) is 5.93. The average molecular weight is 480 g/mol. The van der Waals surface area contributed by atoms with Gasteiger partial charge in [0, 0.05) is 6.04 Å². The second-order valence-electron chi connectivity index (χ2n) is 7.27. The van der Waals surface area contributed by atoms with Crippen molar-refractivity contribution >= 4 is 33.2 Å². The van der Waals surface area contributed by atoms with Crippen molar-refractivity contribution in [3.63, 3.8) is 0 Å². The van der Waals surface area contributed by atoms with Crippen LogP contribution in [0.1, 0.15) is 29.0 Å². The number of aryl methyl sites for hydroxylation is 1. The molecule has 1 aliphatic carbocycles. The third kappa shape index (κ3) is 4.34. The minimum absolute atomic E-state index is 0.0279. The number of halogens is 2. The highest BCUT2D eigenvalue weighted by atomic mass is 35.5. The number of rotatable bonds is 7. The van der Waals surface area contributed by atoms with Crippen LogP contribution >= 0.6 is 11.6 Å². The lowest BCUT2D eigenvalue weighted by molar-refractivity contribution is 0.102. The van der Waals surface area contributed by atoms with Gasteiger partial charge < -0.3 is 14.6 Å². The van der Waals surface area contributed by atoms with Gasteiger partial charge in [-0.2, -0.15) is 0 Å². The summed E-state index contributed by atoms with van der Waals surface area (Å²) in [6, 6.07) is 8.13. The summed E-state index contributed by atoms with van der Waals surface area (Å²) in [4.78, 5) is 13.1. The summed E-state index contributed by atoms with van der Waals surface area (Å²) in [5.41, 5.74) is -0.0693. The van der Waals surface area contributed by atoms with E-state index in [0.29, 0.717) is 0 Å². The first-order chi connectivity index (χ1) is 15.2. The molecule has 1 amide bonds. The summed E-state index contributed by atoms with van der Waals surface area (Å²) >= 11 is 6.13. The van der Waals surface area contributed by atoms with Crippen LogP contribution in [0.4, 0.5) is 10.1 Å². The maximum Gasteiger partial charge on any atom is 0.261 e. The molecular weight excluding hydrogens is 461 g/mol. The van der Waals surface area contributed by atoms with E-state index in [1.54, 1.807) is 0 Å². The number of aromatic nitrogens is 1. The lowest BCUT2D eigenvalue weighted by Crippen LogP contribution is -2.26. The Labute approximate surface area is 188 Å². The molecule has 1 fully saturated rings. The van der Waals surface area contributed by atoms with E-state index in [9.17, 15) is 17.6 Å². The minimum atomic E-state index is -3.76. The zero-order valence-corrected chi connectivity index (χ0v) is 18.7. The summed E-state index contributed by atoms with van der Waals surface area (Å²) < 4.78 is 52.5. The number of sulfonamides is 1. The molecule has 168 valence electrons. The van der Waals surface area contributed by atoms with Gasteiger partial charge in [-0.3, -0.25) is 4.79 Å². The van der Waals surface area contributed by atoms with E-state index in [4.69, 9.17) is 20.9 Å². The van der Waals surface area contributed by atoms with Crippen LogP contribution in [0.25, 0.3) is 11.3 Å². The number of anilines is 1. The van der Waals surface area contributed by atoms with Gasteiger partial charge in [-0.15, -0.1) is 0 Å². The Morgan fingerprint density at radius 1 is 1.28 bits per heavy atom. The van der Waals surface area contributed by atoms with Crippen LogP contribution in [0.15, 0.2) is 45.8 Å². The Hall–Kier alpha value is -2.95. The van der Waals surface area contributed by atoms with E-state index in [2.05, 4.69) is 15.2 Å². The molecule has 1 aliphatic rings. The number of hydrogen-bond acceptors (Lipinski definition) is 6. The first-order valence-electron chi connectivity index (χ1n) is 9.63. The van der Waals surface area contributed by atoms with E-state index in [-0.39, 0.29) is 50.0 Å². The zero-order chi connectivity index (χ0) is 23.0. The zero-order valence-electron chi connectivity index (χ0n) is 17.1. The Bertz CT molecular complexity index is 1280. The molecule has 1 aromatic heterocycles. The topological polar surface area (TPSA) is 111 Å². The predicted molar refractivity (Wildman–Crippen MR) is 116 cm³/mol. The smallest absolute Gasteiger partial charge is 0.261 e. The minimum Gasteiger partial charge on any atom is -0.495 e. The van der Waals surface area contributed by atoms with Crippen LogP contribution in [0.3, 0.4) is 0 Å². The van der Waals surface area contributed by atoms with Gasteiger partial charge in [0.1, 0.15) is 28.6 Å². The van der Waals surface area contributed by atoms with Gasteiger partial charge in [-0.1, -0.05) is 22.8 Å². The third-order valence-corrected chi connectivity index (χ3v) is 6.75. The quantitative estimate of drug-likeness (QED) is 0.527. The molecule has 1 heterocycles. The first-order valence-corrected chi connectivity index (χ1v) is 11.5. The highest BCUT2D eigenvalue weighted by Crippen LogP contribution is 2.35. The Morgan fingerprint density at radius 2 is 2.03 bits per heavy atom. The van der Waals surface area contributed by atoms with Crippen molar-refractivity contribution in [2.24, 2.45) is 0 Å². The molecule has 3 aromatic rings. The van der Waals surface area contributed by atoms with E-state index in [0.717, 1.165) is 12.8 Å². The van der Waals surface area contributed by atoms with Gasteiger partial charge in [-0.05, 0) is 50.1 Å². The molecule has 2 N–H and O–H groups in total. The summed E-state index contributed by atoms with van der Waals surface area (Å²) in [7, 11) is -2.37. The van der Waals surface area contributed by atoms with Crippen molar-refractivity contribution in [3.8, 4) is 17.0 Å². The fourth-order valence-electron chi connectivity index (χ4n) is 3.16. The van der Waals surface area contributed by atoms with E-state index in [1.807, 2.05) is 0 Å². The number of amides is 1. The molecule has 1 saturated carbocycles. The molecule has 0 saturated heterocycles. The first kappa shape index (κ1) is 22.3. The molecule has 4 rings (SSSR count). The van der Waals surface area contributed by atoms with Gasteiger partial charge in [0.2, 0.25) is 10.0 Å². The number of methoxy groups -OCH3 is 1.